The molecule has 2 aromatic rings. The van der Waals surface area contributed by atoms with Crippen molar-refractivity contribution in [2.75, 3.05) is 27.8 Å². The van der Waals surface area contributed by atoms with E-state index in [0.717, 1.165) is 29.8 Å². The van der Waals surface area contributed by atoms with Crippen molar-refractivity contribution in [3.63, 3.8) is 0 Å². The van der Waals surface area contributed by atoms with Crippen molar-refractivity contribution in [3.05, 3.63) is 64.5 Å². The molecule has 0 aliphatic heterocycles. The van der Waals surface area contributed by atoms with Crippen LogP contribution in [0.2, 0.25) is 0 Å². The predicted octanol–water partition coefficient (Wildman–Crippen LogP) is 3.81. The van der Waals surface area contributed by atoms with Gasteiger partial charge in [0.05, 0.1) is 13.7 Å². The summed E-state index contributed by atoms with van der Waals surface area (Å²) >= 11 is 0. The number of hydrogen-bond donors (Lipinski definition) is 2. The standard InChI is InChI=1S/C21H28FN3O2.HI/c1-15-5-8-20(27-4)17(11-15)9-10-24-21(23-2)25-13-16-6-7-19(22)18(12-16)14-26-3;/h5-8,11-12H,9-10,13-14H2,1-4H3,(H2,23,24,25);1H. The summed E-state index contributed by atoms with van der Waals surface area (Å²) in [5.74, 6) is 1.33. The SMILES string of the molecule is CN=C(NCCc1cc(C)ccc1OC)NCc1ccc(F)c(COC)c1.I. The van der Waals surface area contributed by atoms with Crippen molar-refractivity contribution >= 4 is 29.9 Å². The molecule has 0 aliphatic carbocycles. The molecular formula is C21H29FIN3O2. The van der Waals surface area contributed by atoms with Gasteiger partial charge < -0.3 is 20.1 Å². The van der Waals surface area contributed by atoms with E-state index in [1.807, 2.05) is 12.1 Å². The number of benzene rings is 2. The van der Waals surface area contributed by atoms with E-state index in [2.05, 4.69) is 28.6 Å². The highest BCUT2D eigenvalue weighted by Gasteiger charge is 2.06. The normalized spacial score (nSPS) is 11.0. The van der Waals surface area contributed by atoms with Crippen molar-refractivity contribution in [2.24, 2.45) is 4.99 Å². The topological polar surface area (TPSA) is 54.9 Å². The molecule has 0 radical (unpaired) electrons. The summed E-state index contributed by atoms with van der Waals surface area (Å²) in [5, 5.41) is 6.54. The lowest BCUT2D eigenvalue weighted by Crippen LogP contribution is -2.37. The van der Waals surface area contributed by atoms with E-state index in [4.69, 9.17) is 9.47 Å². The Morgan fingerprint density at radius 3 is 2.54 bits per heavy atom. The number of rotatable bonds is 8. The first-order chi connectivity index (χ1) is 13.1. The molecule has 0 bridgehead atoms. The fraction of sp³-hybridized carbons (Fsp3) is 0.381. The largest absolute Gasteiger partial charge is 0.496 e. The van der Waals surface area contributed by atoms with Gasteiger partial charge in [0.25, 0.3) is 0 Å². The second kappa shape index (κ2) is 12.6. The summed E-state index contributed by atoms with van der Waals surface area (Å²) in [6.45, 7) is 3.59. The van der Waals surface area contributed by atoms with E-state index < -0.39 is 0 Å². The second-order valence-corrected chi connectivity index (χ2v) is 6.28. The Bertz CT molecular complexity index is 784. The van der Waals surface area contributed by atoms with E-state index in [-0.39, 0.29) is 36.4 Å². The Kier molecular flexibility index (Phi) is 10.8. The minimum Gasteiger partial charge on any atom is -0.496 e. The molecule has 0 atom stereocenters. The van der Waals surface area contributed by atoms with Gasteiger partial charge in [-0.25, -0.2) is 4.39 Å². The number of methoxy groups -OCH3 is 2. The molecule has 0 amide bonds. The molecule has 154 valence electrons. The van der Waals surface area contributed by atoms with Crippen LogP contribution in [0.1, 0.15) is 22.3 Å². The number of hydrogen-bond acceptors (Lipinski definition) is 3. The molecule has 2 rings (SSSR count). The van der Waals surface area contributed by atoms with Gasteiger partial charge >= 0.3 is 0 Å². The zero-order valence-corrected chi connectivity index (χ0v) is 19.2. The first kappa shape index (κ1) is 24.2. The van der Waals surface area contributed by atoms with Crippen LogP contribution in [0.25, 0.3) is 0 Å². The molecule has 2 N–H and O–H groups in total. The van der Waals surface area contributed by atoms with Crippen LogP contribution >= 0.6 is 24.0 Å². The van der Waals surface area contributed by atoms with Gasteiger partial charge in [-0.05, 0) is 42.7 Å². The minimum absolute atomic E-state index is 0. The Balaban J connectivity index is 0.00000392. The lowest BCUT2D eigenvalue weighted by atomic mass is 10.1. The summed E-state index contributed by atoms with van der Waals surface area (Å²) in [7, 11) is 4.96. The zero-order chi connectivity index (χ0) is 19.6. The molecule has 0 aliphatic rings. The van der Waals surface area contributed by atoms with Gasteiger partial charge in [0.2, 0.25) is 0 Å². The third-order valence-corrected chi connectivity index (χ3v) is 4.22. The average molecular weight is 501 g/mol. The lowest BCUT2D eigenvalue weighted by Gasteiger charge is -2.14. The molecule has 0 spiro atoms. The number of nitrogens with one attached hydrogen (secondary N) is 2. The van der Waals surface area contributed by atoms with Crippen molar-refractivity contribution in [1.82, 2.24) is 10.6 Å². The highest BCUT2D eigenvalue weighted by atomic mass is 127. The van der Waals surface area contributed by atoms with E-state index >= 15 is 0 Å². The molecule has 0 aromatic heterocycles. The number of nitrogens with zero attached hydrogens (tertiary/aromatic N) is 1. The smallest absolute Gasteiger partial charge is 0.191 e. The Morgan fingerprint density at radius 2 is 1.86 bits per heavy atom. The Labute approximate surface area is 183 Å². The molecule has 28 heavy (non-hydrogen) atoms. The van der Waals surface area contributed by atoms with Crippen LogP contribution in [-0.4, -0.2) is 33.8 Å². The Hall–Kier alpha value is -1.87. The fourth-order valence-corrected chi connectivity index (χ4v) is 2.83. The lowest BCUT2D eigenvalue weighted by molar-refractivity contribution is 0.181. The maximum atomic E-state index is 13.7. The van der Waals surface area contributed by atoms with Crippen LogP contribution in [0.5, 0.6) is 5.75 Å². The van der Waals surface area contributed by atoms with Crippen LogP contribution < -0.4 is 15.4 Å². The van der Waals surface area contributed by atoms with Crippen LogP contribution in [0.3, 0.4) is 0 Å². The molecule has 0 fully saturated rings. The number of guanidine groups is 1. The van der Waals surface area contributed by atoms with Gasteiger partial charge in [0, 0.05) is 32.8 Å². The number of ether oxygens (including phenoxy) is 2. The fourth-order valence-electron chi connectivity index (χ4n) is 2.83. The van der Waals surface area contributed by atoms with Gasteiger partial charge in [-0.2, -0.15) is 0 Å². The summed E-state index contributed by atoms with van der Waals surface area (Å²) in [4.78, 5) is 4.24. The quantitative estimate of drug-likeness (QED) is 0.328. The maximum absolute atomic E-state index is 13.7. The summed E-state index contributed by atoms with van der Waals surface area (Å²) in [6, 6.07) is 11.2. The molecular weight excluding hydrogens is 472 g/mol. The van der Waals surface area contributed by atoms with Crippen LogP contribution in [0.4, 0.5) is 4.39 Å². The number of aryl methyl sites for hydroxylation is 1. The first-order valence-electron chi connectivity index (χ1n) is 8.91. The molecule has 0 heterocycles. The highest BCUT2D eigenvalue weighted by molar-refractivity contribution is 14.0. The number of aliphatic imine (C=N–C) groups is 1. The van der Waals surface area contributed by atoms with Crippen molar-refractivity contribution in [1.29, 1.82) is 0 Å². The number of halogens is 2. The molecule has 2 aromatic carbocycles. The van der Waals surface area contributed by atoms with Gasteiger partial charge in [0.15, 0.2) is 5.96 Å². The van der Waals surface area contributed by atoms with E-state index in [9.17, 15) is 4.39 Å². The predicted molar refractivity (Wildman–Crippen MR) is 122 cm³/mol. The van der Waals surface area contributed by atoms with Crippen molar-refractivity contribution in [2.45, 2.75) is 26.5 Å². The molecule has 7 heteroatoms. The third-order valence-electron chi connectivity index (χ3n) is 4.22. The monoisotopic (exact) mass is 501 g/mol. The van der Waals surface area contributed by atoms with Gasteiger partial charge in [-0.1, -0.05) is 23.8 Å². The van der Waals surface area contributed by atoms with Crippen LogP contribution in [0, 0.1) is 12.7 Å². The molecule has 5 nitrogen and oxygen atoms in total. The van der Waals surface area contributed by atoms with E-state index in [0.29, 0.717) is 18.1 Å². The maximum Gasteiger partial charge on any atom is 0.191 e. The summed E-state index contributed by atoms with van der Waals surface area (Å²) in [6.07, 6.45) is 0.820. The first-order valence-corrected chi connectivity index (χ1v) is 8.91. The Morgan fingerprint density at radius 1 is 1.07 bits per heavy atom. The average Bonchev–Trinajstić information content (AvgIpc) is 2.67. The van der Waals surface area contributed by atoms with Crippen LogP contribution in [0.15, 0.2) is 41.4 Å². The van der Waals surface area contributed by atoms with Crippen molar-refractivity contribution in [3.8, 4) is 5.75 Å². The molecule has 0 saturated carbocycles. The van der Waals surface area contributed by atoms with Gasteiger partial charge in [-0.3, -0.25) is 4.99 Å². The zero-order valence-electron chi connectivity index (χ0n) is 16.8. The third kappa shape index (κ3) is 7.27. The molecule has 0 unspecified atom stereocenters. The van der Waals surface area contributed by atoms with E-state index in [1.165, 1.54) is 11.6 Å². The van der Waals surface area contributed by atoms with Crippen LogP contribution in [-0.2, 0) is 24.3 Å². The minimum atomic E-state index is -0.254. The summed E-state index contributed by atoms with van der Waals surface area (Å²) < 4.78 is 24.1. The summed E-state index contributed by atoms with van der Waals surface area (Å²) in [5.41, 5.74) is 3.87. The van der Waals surface area contributed by atoms with Gasteiger partial charge in [0.1, 0.15) is 11.6 Å². The van der Waals surface area contributed by atoms with Gasteiger partial charge in [-0.15, -0.1) is 24.0 Å². The second-order valence-electron chi connectivity index (χ2n) is 6.28. The van der Waals surface area contributed by atoms with E-state index in [1.54, 1.807) is 33.4 Å². The highest BCUT2D eigenvalue weighted by Crippen LogP contribution is 2.19. The van der Waals surface area contributed by atoms with Crippen molar-refractivity contribution < 1.29 is 13.9 Å². The molecule has 0 saturated heterocycles.